The van der Waals surface area contributed by atoms with Crippen molar-refractivity contribution in [1.82, 2.24) is 0 Å². The number of carbonyl (C=O) groups is 1. The molecule has 1 fully saturated rings. The molecular formula is C19H16F3NO. The first-order valence-electron chi connectivity index (χ1n) is 7.62. The Morgan fingerprint density at radius 2 is 1.75 bits per heavy atom. The molecule has 1 N–H and O–H groups in total. The number of alkyl halides is 3. The quantitative estimate of drug-likeness (QED) is 0.837. The molecule has 0 aromatic heterocycles. The van der Waals surface area contributed by atoms with E-state index in [1.54, 1.807) is 6.92 Å². The first kappa shape index (κ1) is 16.4. The SMILES string of the molecule is Cc1ccc(C(F)(F)F)cc1C1C(=N)CC(c2ccccc2)C1=O. The molecule has 2 nitrogen and oxygen atoms in total. The third-order valence-electron chi connectivity index (χ3n) is 4.52. The van der Waals surface area contributed by atoms with Crippen molar-refractivity contribution in [2.45, 2.75) is 31.4 Å². The molecule has 0 heterocycles. The Hall–Kier alpha value is -2.43. The summed E-state index contributed by atoms with van der Waals surface area (Å²) in [4.78, 5) is 12.8. The molecule has 0 saturated heterocycles. The highest BCUT2D eigenvalue weighted by Crippen LogP contribution is 2.41. The minimum Gasteiger partial charge on any atom is -0.309 e. The molecular weight excluding hydrogens is 315 g/mol. The zero-order valence-corrected chi connectivity index (χ0v) is 13.0. The van der Waals surface area contributed by atoms with E-state index in [1.165, 1.54) is 6.07 Å². The van der Waals surface area contributed by atoms with E-state index < -0.39 is 23.6 Å². The van der Waals surface area contributed by atoms with Crippen LogP contribution in [0.15, 0.2) is 48.5 Å². The van der Waals surface area contributed by atoms with E-state index in [9.17, 15) is 18.0 Å². The summed E-state index contributed by atoms with van der Waals surface area (Å²) in [5, 5.41) is 8.17. The molecule has 2 aromatic rings. The molecule has 24 heavy (non-hydrogen) atoms. The van der Waals surface area contributed by atoms with Crippen LogP contribution in [0.5, 0.6) is 0 Å². The second-order valence-electron chi connectivity index (χ2n) is 6.10. The standard InChI is InChI=1S/C19H16F3NO/c1-11-7-8-13(19(20,21)22)9-14(11)17-16(23)10-15(18(17)24)12-5-3-2-4-6-12/h2-9,15,17,23H,10H2,1H3. The van der Waals surface area contributed by atoms with Gasteiger partial charge in [-0.15, -0.1) is 0 Å². The summed E-state index contributed by atoms with van der Waals surface area (Å²) in [7, 11) is 0. The molecule has 0 bridgehead atoms. The van der Waals surface area contributed by atoms with Crippen LogP contribution in [0.25, 0.3) is 0 Å². The van der Waals surface area contributed by atoms with E-state index in [-0.39, 0.29) is 17.9 Å². The van der Waals surface area contributed by atoms with Gasteiger partial charge in [0.05, 0.1) is 11.5 Å². The third-order valence-corrected chi connectivity index (χ3v) is 4.52. The molecule has 1 aliphatic rings. The van der Waals surface area contributed by atoms with Crippen LogP contribution in [0, 0.1) is 12.3 Å². The highest BCUT2D eigenvalue weighted by molar-refractivity contribution is 6.17. The predicted octanol–water partition coefficient (Wildman–Crippen LogP) is 4.87. The van der Waals surface area contributed by atoms with Crippen molar-refractivity contribution >= 4 is 11.5 Å². The number of aryl methyl sites for hydroxylation is 1. The van der Waals surface area contributed by atoms with Crippen LogP contribution in [0.3, 0.4) is 0 Å². The van der Waals surface area contributed by atoms with Gasteiger partial charge in [-0.25, -0.2) is 0 Å². The predicted molar refractivity (Wildman–Crippen MR) is 85.5 cm³/mol. The number of ketones is 1. The molecule has 2 atom stereocenters. The monoisotopic (exact) mass is 331 g/mol. The summed E-state index contributed by atoms with van der Waals surface area (Å²) in [6, 6.07) is 12.5. The largest absolute Gasteiger partial charge is 0.416 e. The summed E-state index contributed by atoms with van der Waals surface area (Å²) in [6.45, 7) is 1.67. The molecule has 5 heteroatoms. The number of halogens is 3. The van der Waals surface area contributed by atoms with Crippen molar-refractivity contribution in [2.24, 2.45) is 0 Å². The van der Waals surface area contributed by atoms with E-state index in [2.05, 4.69) is 0 Å². The van der Waals surface area contributed by atoms with Crippen molar-refractivity contribution in [3.63, 3.8) is 0 Å². The Morgan fingerprint density at radius 3 is 2.38 bits per heavy atom. The van der Waals surface area contributed by atoms with Gasteiger partial charge in [0.2, 0.25) is 0 Å². The molecule has 0 aliphatic heterocycles. The number of rotatable bonds is 2. The molecule has 0 radical (unpaired) electrons. The fraction of sp³-hybridized carbons (Fsp3) is 0.263. The molecule has 3 rings (SSSR count). The molecule has 0 amide bonds. The van der Waals surface area contributed by atoms with E-state index in [4.69, 9.17) is 5.41 Å². The summed E-state index contributed by atoms with van der Waals surface area (Å²) in [5.41, 5.74) is 1.08. The fourth-order valence-corrected chi connectivity index (χ4v) is 3.25. The molecule has 2 aromatic carbocycles. The number of hydrogen-bond donors (Lipinski definition) is 1. The van der Waals surface area contributed by atoms with Crippen molar-refractivity contribution in [3.8, 4) is 0 Å². The van der Waals surface area contributed by atoms with Gasteiger partial charge in [0.1, 0.15) is 0 Å². The third kappa shape index (κ3) is 2.86. The Bertz CT molecular complexity index is 796. The van der Waals surface area contributed by atoms with Crippen molar-refractivity contribution in [1.29, 1.82) is 5.41 Å². The van der Waals surface area contributed by atoms with E-state index in [0.29, 0.717) is 11.1 Å². The number of hydrogen-bond acceptors (Lipinski definition) is 2. The molecule has 1 saturated carbocycles. The van der Waals surface area contributed by atoms with Crippen LogP contribution in [-0.2, 0) is 11.0 Å². The normalized spacial score (nSPS) is 21.3. The smallest absolute Gasteiger partial charge is 0.309 e. The van der Waals surface area contributed by atoms with Gasteiger partial charge < -0.3 is 5.41 Å². The van der Waals surface area contributed by atoms with Crippen molar-refractivity contribution in [2.75, 3.05) is 0 Å². The van der Waals surface area contributed by atoms with Gasteiger partial charge in [0.15, 0.2) is 5.78 Å². The summed E-state index contributed by atoms with van der Waals surface area (Å²) in [6.07, 6.45) is -4.21. The van der Waals surface area contributed by atoms with Crippen LogP contribution in [-0.4, -0.2) is 11.5 Å². The van der Waals surface area contributed by atoms with Crippen LogP contribution >= 0.6 is 0 Å². The van der Waals surface area contributed by atoms with Gasteiger partial charge in [-0.1, -0.05) is 36.4 Å². The zero-order valence-electron chi connectivity index (χ0n) is 13.0. The highest BCUT2D eigenvalue weighted by atomic mass is 19.4. The van der Waals surface area contributed by atoms with Gasteiger partial charge in [-0.3, -0.25) is 4.79 Å². The summed E-state index contributed by atoms with van der Waals surface area (Å²) < 4.78 is 39.0. The van der Waals surface area contributed by atoms with E-state index in [1.807, 2.05) is 30.3 Å². The van der Waals surface area contributed by atoms with Crippen molar-refractivity contribution < 1.29 is 18.0 Å². The number of carbonyl (C=O) groups excluding carboxylic acids is 1. The fourth-order valence-electron chi connectivity index (χ4n) is 3.25. The van der Waals surface area contributed by atoms with Crippen LogP contribution < -0.4 is 0 Å². The maximum atomic E-state index is 13.0. The maximum absolute atomic E-state index is 13.0. The maximum Gasteiger partial charge on any atom is 0.416 e. The Labute approximate surface area is 137 Å². The molecule has 124 valence electrons. The summed E-state index contributed by atoms with van der Waals surface area (Å²) in [5.74, 6) is -1.55. The van der Waals surface area contributed by atoms with Gasteiger partial charge in [0.25, 0.3) is 0 Å². The average Bonchev–Trinajstić information content (AvgIpc) is 2.83. The molecule has 0 spiro atoms. The number of nitrogens with one attached hydrogen (secondary N) is 1. The van der Waals surface area contributed by atoms with Crippen LogP contribution in [0.1, 0.15) is 40.5 Å². The number of Topliss-reactive ketones (excluding diaryl/α,β-unsaturated/α-hetero) is 1. The van der Waals surface area contributed by atoms with Crippen LogP contribution in [0.2, 0.25) is 0 Å². The lowest BCUT2D eigenvalue weighted by Gasteiger charge is -2.16. The van der Waals surface area contributed by atoms with Crippen LogP contribution in [0.4, 0.5) is 13.2 Å². The lowest BCUT2D eigenvalue weighted by atomic mass is 9.88. The van der Waals surface area contributed by atoms with Crippen molar-refractivity contribution in [3.05, 3.63) is 70.8 Å². The second kappa shape index (κ2) is 5.89. The second-order valence-corrected chi connectivity index (χ2v) is 6.10. The highest BCUT2D eigenvalue weighted by Gasteiger charge is 2.41. The van der Waals surface area contributed by atoms with E-state index >= 15 is 0 Å². The average molecular weight is 331 g/mol. The van der Waals surface area contributed by atoms with Gasteiger partial charge in [-0.2, -0.15) is 13.2 Å². The molecule has 1 aliphatic carbocycles. The topological polar surface area (TPSA) is 40.9 Å². The van der Waals surface area contributed by atoms with Gasteiger partial charge in [0, 0.05) is 11.6 Å². The lowest BCUT2D eigenvalue weighted by molar-refractivity contribution is -0.137. The van der Waals surface area contributed by atoms with Gasteiger partial charge >= 0.3 is 6.18 Å². The minimum atomic E-state index is -4.47. The zero-order chi connectivity index (χ0) is 17.5. The Morgan fingerprint density at radius 1 is 1.08 bits per heavy atom. The Balaban J connectivity index is 2.01. The minimum absolute atomic E-state index is 0.177. The summed E-state index contributed by atoms with van der Waals surface area (Å²) >= 11 is 0. The van der Waals surface area contributed by atoms with E-state index in [0.717, 1.165) is 17.7 Å². The number of benzene rings is 2. The first-order valence-corrected chi connectivity index (χ1v) is 7.62. The lowest BCUT2D eigenvalue weighted by Crippen LogP contribution is -2.17. The first-order chi connectivity index (χ1) is 11.3. The molecule has 2 unspecified atom stereocenters. The Kier molecular flexibility index (Phi) is 4.03. The van der Waals surface area contributed by atoms with Gasteiger partial charge in [-0.05, 0) is 42.2 Å².